The number of fused-ring (bicyclic) bond motifs is 1. The minimum Gasteiger partial charge on any atom is -0.467 e. The van der Waals surface area contributed by atoms with E-state index in [2.05, 4.69) is 4.74 Å². The van der Waals surface area contributed by atoms with E-state index < -0.39 is 24.5 Å². The van der Waals surface area contributed by atoms with E-state index in [-0.39, 0.29) is 12.4 Å². The van der Waals surface area contributed by atoms with Crippen LogP contribution in [0.5, 0.6) is 0 Å². The molecule has 0 aromatic heterocycles. The average Bonchev–Trinajstić information content (AvgIpc) is 2.27. The molecule has 6 nitrogen and oxygen atoms in total. The average molecular weight is 232 g/mol. The SMILES string of the molecule is COC(=O)[C@@H]1O[C@H](C)O[C@@H]2CO[C@H](C)O[C@@H]21. The van der Waals surface area contributed by atoms with Crippen molar-refractivity contribution in [2.24, 2.45) is 0 Å². The third kappa shape index (κ3) is 2.20. The number of hydrogen-bond donors (Lipinski definition) is 0. The van der Waals surface area contributed by atoms with Crippen LogP contribution >= 0.6 is 0 Å². The van der Waals surface area contributed by atoms with Crippen molar-refractivity contribution < 1.29 is 28.5 Å². The quantitative estimate of drug-likeness (QED) is 0.595. The first kappa shape index (κ1) is 11.8. The van der Waals surface area contributed by atoms with Crippen molar-refractivity contribution in [3.8, 4) is 0 Å². The Morgan fingerprint density at radius 2 is 1.94 bits per heavy atom. The second-order valence-corrected chi connectivity index (χ2v) is 3.82. The Hall–Kier alpha value is -0.690. The number of carbonyl (C=O) groups excluding carboxylic acids is 1. The smallest absolute Gasteiger partial charge is 0.337 e. The van der Waals surface area contributed by atoms with Crippen LogP contribution in [0.1, 0.15) is 13.8 Å². The van der Waals surface area contributed by atoms with E-state index in [4.69, 9.17) is 18.9 Å². The van der Waals surface area contributed by atoms with Gasteiger partial charge in [-0.2, -0.15) is 0 Å². The van der Waals surface area contributed by atoms with Gasteiger partial charge in [0.05, 0.1) is 13.7 Å². The molecular weight excluding hydrogens is 216 g/mol. The fraction of sp³-hybridized carbons (Fsp3) is 0.900. The highest BCUT2D eigenvalue weighted by Crippen LogP contribution is 2.27. The topological polar surface area (TPSA) is 63.2 Å². The molecule has 0 amide bonds. The maximum atomic E-state index is 11.6. The van der Waals surface area contributed by atoms with Crippen molar-refractivity contribution in [1.82, 2.24) is 0 Å². The highest BCUT2D eigenvalue weighted by Gasteiger charge is 2.46. The molecular formula is C10H16O6. The van der Waals surface area contributed by atoms with Crippen LogP contribution in [0.15, 0.2) is 0 Å². The van der Waals surface area contributed by atoms with Crippen LogP contribution in [0.3, 0.4) is 0 Å². The third-order valence-corrected chi connectivity index (χ3v) is 2.65. The van der Waals surface area contributed by atoms with Crippen LogP contribution in [0.2, 0.25) is 0 Å². The van der Waals surface area contributed by atoms with Gasteiger partial charge in [0.1, 0.15) is 12.2 Å². The van der Waals surface area contributed by atoms with Gasteiger partial charge in [0.15, 0.2) is 18.7 Å². The van der Waals surface area contributed by atoms with E-state index in [0.29, 0.717) is 6.61 Å². The third-order valence-electron chi connectivity index (χ3n) is 2.65. The Bertz CT molecular complexity index is 268. The summed E-state index contributed by atoms with van der Waals surface area (Å²) < 4.78 is 26.3. The zero-order valence-corrected chi connectivity index (χ0v) is 9.54. The molecule has 2 saturated heterocycles. The van der Waals surface area contributed by atoms with Crippen LogP contribution < -0.4 is 0 Å². The maximum Gasteiger partial charge on any atom is 0.337 e. The van der Waals surface area contributed by atoms with E-state index >= 15 is 0 Å². The van der Waals surface area contributed by atoms with Gasteiger partial charge in [-0.15, -0.1) is 0 Å². The van der Waals surface area contributed by atoms with Gasteiger partial charge in [-0.3, -0.25) is 0 Å². The molecule has 0 unspecified atom stereocenters. The maximum absolute atomic E-state index is 11.6. The molecule has 0 bridgehead atoms. The second kappa shape index (κ2) is 4.67. The fourth-order valence-electron chi connectivity index (χ4n) is 1.92. The number of esters is 1. The molecule has 2 fully saturated rings. The molecule has 92 valence electrons. The fourth-order valence-corrected chi connectivity index (χ4v) is 1.92. The van der Waals surface area contributed by atoms with Gasteiger partial charge in [-0.25, -0.2) is 4.79 Å². The molecule has 5 atom stereocenters. The molecule has 0 spiro atoms. The van der Waals surface area contributed by atoms with Gasteiger partial charge in [0.2, 0.25) is 0 Å². The number of carbonyl (C=O) groups is 1. The first-order valence-corrected chi connectivity index (χ1v) is 5.27. The number of methoxy groups -OCH3 is 1. The molecule has 16 heavy (non-hydrogen) atoms. The lowest BCUT2D eigenvalue weighted by Gasteiger charge is -2.43. The lowest BCUT2D eigenvalue weighted by molar-refractivity contribution is -0.346. The van der Waals surface area contributed by atoms with Crippen molar-refractivity contribution in [2.45, 2.75) is 44.7 Å². The van der Waals surface area contributed by atoms with Crippen molar-refractivity contribution in [3.63, 3.8) is 0 Å². The summed E-state index contributed by atoms with van der Waals surface area (Å²) in [6.45, 7) is 3.89. The lowest BCUT2D eigenvalue weighted by atomic mass is 10.1. The first-order valence-electron chi connectivity index (χ1n) is 5.27. The molecule has 2 aliphatic rings. The van der Waals surface area contributed by atoms with Crippen LogP contribution in [0.4, 0.5) is 0 Å². The Labute approximate surface area is 93.7 Å². The molecule has 2 rings (SSSR count). The Morgan fingerprint density at radius 3 is 2.62 bits per heavy atom. The molecule has 0 aliphatic carbocycles. The lowest BCUT2D eigenvalue weighted by Crippen LogP contribution is -2.59. The van der Waals surface area contributed by atoms with E-state index in [1.54, 1.807) is 13.8 Å². The van der Waals surface area contributed by atoms with Crippen LogP contribution in [0.25, 0.3) is 0 Å². The summed E-state index contributed by atoms with van der Waals surface area (Å²) in [5.74, 6) is -0.445. The summed E-state index contributed by atoms with van der Waals surface area (Å²) in [6.07, 6.45) is -2.33. The predicted octanol–water partition coefficient (Wildman–Crippen LogP) is 0.0508. The van der Waals surface area contributed by atoms with Crippen LogP contribution in [-0.2, 0) is 28.5 Å². The zero-order chi connectivity index (χ0) is 11.7. The van der Waals surface area contributed by atoms with Crippen molar-refractivity contribution in [3.05, 3.63) is 0 Å². The molecule has 2 heterocycles. The summed E-state index contributed by atoms with van der Waals surface area (Å²) in [7, 11) is 1.32. The summed E-state index contributed by atoms with van der Waals surface area (Å²) >= 11 is 0. The number of hydrogen-bond acceptors (Lipinski definition) is 6. The van der Waals surface area contributed by atoms with Crippen molar-refractivity contribution >= 4 is 5.97 Å². The predicted molar refractivity (Wildman–Crippen MR) is 51.5 cm³/mol. The van der Waals surface area contributed by atoms with E-state index in [0.717, 1.165) is 0 Å². The summed E-state index contributed by atoms with van der Waals surface area (Å²) in [5.41, 5.74) is 0. The van der Waals surface area contributed by atoms with Crippen LogP contribution in [0, 0.1) is 0 Å². The second-order valence-electron chi connectivity index (χ2n) is 3.82. The van der Waals surface area contributed by atoms with Gasteiger partial charge in [-0.1, -0.05) is 0 Å². The number of ether oxygens (including phenoxy) is 5. The molecule has 0 aromatic carbocycles. The van der Waals surface area contributed by atoms with Gasteiger partial charge in [0.25, 0.3) is 0 Å². The molecule has 0 N–H and O–H groups in total. The van der Waals surface area contributed by atoms with Gasteiger partial charge in [0, 0.05) is 0 Å². The number of rotatable bonds is 1. The zero-order valence-electron chi connectivity index (χ0n) is 9.54. The molecule has 6 heteroatoms. The minimum atomic E-state index is -0.745. The van der Waals surface area contributed by atoms with Crippen molar-refractivity contribution in [1.29, 1.82) is 0 Å². The summed E-state index contributed by atoms with van der Waals surface area (Å²) in [4.78, 5) is 11.6. The monoisotopic (exact) mass is 232 g/mol. The molecule has 0 radical (unpaired) electrons. The molecule has 0 aromatic rings. The Kier molecular flexibility index (Phi) is 3.44. The molecule has 2 aliphatic heterocycles. The van der Waals surface area contributed by atoms with Gasteiger partial charge >= 0.3 is 5.97 Å². The molecule has 0 saturated carbocycles. The highest BCUT2D eigenvalue weighted by atomic mass is 16.8. The van der Waals surface area contributed by atoms with Gasteiger partial charge < -0.3 is 23.7 Å². The normalized spacial score (nSPS) is 43.6. The van der Waals surface area contributed by atoms with Crippen LogP contribution in [-0.4, -0.2) is 50.6 Å². The highest BCUT2D eigenvalue weighted by molar-refractivity contribution is 5.75. The summed E-state index contributed by atoms with van der Waals surface area (Å²) in [5, 5.41) is 0. The first-order chi connectivity index (χ1) is 7.61. The Balaban J connectivity index is 2.12. The van der Waals surface area contributed by atoms with Crippen molar-refractivity contribution in [2.75, 3.05) is 13.7 Å². The van der Waals surface area contributed by atoms with Gasteiger partial charge in [-0.05, 0) is 13.8 Å². The standard InChI is InChI=1S/C10H16O6/c1-5-13-4-7-8(15-5)9(10(11)12-3)16-6(2)14-7/h5-9H,4H2,1-3H3/t5-,6+,7+,8-,9+/m0/s1. The van der Waals surface area contributed by atoms with E-state index in [1.807, 2.05) is 0 Å². The van der Waals surface area contributed by atoms with E-state index in [9.17, 15) is 4.79 Å². The minimum absolute atomic E-state index is 0.288. The summed E-state index contributed by atoms with van der Waals surface area (Å²) in [6, 6.07) is 0. The Morgan fingerprint density at radius 1 is 1.19 bits per heavy atom. The largest absolute Gasteiger partial charge is 0.467 e. The van der Waals surface area contributed by atoms with E-state index in [1.165, 1.54) is 7.11 Å².